The lowest BCUT2D eigenvalue weighted by atomic mass is 10.0. The summed E-state index contributed by atoms with van der Waals surface area (Å²) in [6, 6.07) is 3.61. The number of hydrogen-bond acceptors (Lipinski definition) is 3. The zero-order valence-corrected chi connectivity index (χ0v) is 11.5. The molecule has 0 radical (unpaired) electrons. The molecule has 4 N–H and O–H groups in total. The lowest BCUT2D eigenvalue weighted by Gasteiger charge is -2.19. The zero-order chi connectivity index (χ0) is 15.5. The van der Waals surface area contributed by atoms with Gasteiger partial charge in [-0.2, -0.15) is 13.2 Å². The molecule has 1 aromatic rings. The average Bonchev–Trinajstić information content (AvgIpc) is 2.66. The van der Waals surface area contributed by atoms with Crippen molar-refractivity contribution >= 4 is 11.6 Å². The maximum atomic E-state index is 13.0. The molecule has 0 saturated carbocycles. The maximum Gasteiger partial charge on any atom is 0.417 e. The Kier molecular flexibility index (Phi) is 4.72. The first kappa shape index (κ1) is 15.6. The van der Waals surface area contributed by atoms with Gasteiger partial charge in [-0.1, -0.05) is 6.42 Å². The molecule has 0 aromatic heterocycles. The fourth-order valence-corrected chi connectivity index (χ4v) is 2.46. The van der Waals surface area contributed by atoms with Crippen LogP contribution in [0.25, 0.3) is 0 Å². The van der Waals surface area contributed by atoms with E-state index in [1.807, 2.05) is 0 Å². The van der Waals surface area contributed by atoms with Crippen molar-refractivity contribution in [3.63, 3.8) is 0 Å². The Hall–Kier alpha value is -1.76. The predicted octanol–water partition coefficient (Wildman–Crippen LogP) is 2.36. The Morgan fingerprint density at radius 1 is 1.33 bits per heavy atom. The average molecular weight is 301 g/mol. The number of alkyl halides is 3. The summed E-state index contributed by atoms with van der Waals surface area (Å²) in [7, 11) is 0. The van der Waals surface area contributed by atoms with Crippen LogP contribution in [0, 0.1) is 0 Å². The van der Waals surface area contributed by atoms with Crippen molar-refractivity contribution in [3.05, 3.63) is 29.3 Å². The number of halogens is 3. The van der Waals surface area contributed by atoms with Crippen LogP contribution in [-0.2, 0) is 6.18 Å². The predicted molar refractivity (Wildman–Crippen MR) is 74.1 cm³/mol. The minimum absolute atomic E-state index is 0.0769. The van der Waals surface area contributed by atoms with Crippen LogP contribution in [0.2, 0.25) is 0 Å². The molecule has 21 heavy (non-hydrogen) atoms. The van der Waals surface area contributed by atoms with Crippen molar-refractivity contribution in [2.75, 3.05) is 18.4 Å². The maximum absolute atomic E-state index is 13.0. The van der Waals surface area contributed by atoms with Gasteiger partial charge in [0, 0.05) is 18.3 Å². The smallest absolute Gasteiger partial charge is 0.381 e. The molecule has 1 atom stereocenters. The number of nitrogens with two attached hydrogens (primary N) is 1. The number of primary amides is 1. The fourth-order valence-electron chi connectivity index (χ4n) is 2.46. The van der Waals surface area contributed by atoms with E-state index in [2.05, 4.69) is 10.6 Å². The van der Waals surface area contributed by atoms with Gasteiger partial charge in [-0.3, -0.25) is 4.79 Å². The van der Waals surface area contributed by atoms with Crippen LogP contribution in [0.3, 0.4) is 0 Å². The normalized spacial score (nSPS) is 19.9. The summed E-state index contributed by atoms with van der Waals surface area (Å²) in [5.74, 6) is -1.08. The third-order valence-electron chi connectivity index (χ3n) is 3.51. The molecule has 4 nitrogen and oxygen atoms in total. The highest BCUT2D eigenvalue weighted by Crippen LogP contribution is 2.34. The van der Waals surface area contributed by atoms with Crippen LogP contribution in [-0.4, -0.2) is 25.0 Å². The van der Waals surface area contributed by atoms with Crippen molar-refractivity contribution in [2.45, 2.75) is 31.5 Å². The summed E-state index contributed by atoms with van der Waals surface area (Å²) in [5.41, 5.74) is 3.84. The molecule has 1 aliphatic rings. The van der Waals surface area contributed by atoms with Gasteiger partial charge in [0.05, 0.1) is 11.1 Å². The first-order chi connectivity index (χ1) is 9.88. The first-order valence-corrected chi connectivity index (χ1v) is 6.86. The van der Waals surface area contributed by atoms with E-state index in [4.69, 9.17) is 5.73 Å². The third-order valence-corrected chi connectivity index (χ3v) is 3.51. The summed E-state index contributed by atoms with van der Waals surface area (Å²) in [6.07, 6.45) is -1.63. The number of rotatable bonds is 3. The Labute approximate surface area is 120 Å². The van der Waals surface area contributed by atoms with E-state index in [1.165, 1.54) is 6.07 Å². The second kappa shape index (κ2) is 6.34. The van der Waals surface area contributed by atoms with Crippen molar-refractivity contribution in [3.8, 4) is 0 Å². The van der Waals surface area contributed by atoms with E-state index < -0.39 is 23.2 Å². The molecule has 1 heterocycles. The molecule has 0 bridgehead atoms. The van der Waals surface area contributed by atoms with E-state index in [0.29, 0.717) is 12.2 Å². The van der Waals surface area contributed by atoms with Gasteiger partial charge in [0.15, 0.2) is 0 Å². The quantitative estimate of drug-likeness (QED) is 0.803. The molecule has 0 spiro atoms. The number of carbonyl (C=O) groups is 1. The van der Waals surface area contributed by atoms with Crippen molar-refractivity contribution in [1.29, 1.82) is 0 Å². The minimum Gasteiger partial charge on any atom is -0.381 e. The summed E-state index contributed by atoms with van der Waals surface area (Å²) < 4.78 is 39.0. The third kappa shape index (κ3) is 4.10. The topological polar surface area (TPSA) is 67.2 Å². The van der Waals surface area contributed by atoms with Gasteiger partial charge in [0.25, 0.3) is 0 Å². The van der Waals surface area contributed by atoms with E-state index in [9.17, 15) is 18.0 Å². The highest BCUT2D eigenvalue weighted by molar-refractivity contribution is 5.95. The number of carbonyl (C=O) groups excluding carboxylic acids is 1. The number of nitrogens with one attached hydrogen (secondary N) is 2. The second-order valence-electron chi connectivity index (χ2n) is 5.16. The molecule has 1 fully saturated rings. The van der Waals surface area contributed by atoms with Crippen LogP contribution in [0.4, 0.5) is 18.9 Å². The Balaban J connectivity index is 2.22. The van der Waals surface area contributed by atoms with E-state index in [1.54, 1.807) is 0 Å². The van der Waals surface area contributed by atoms with Crippen molar-refractivity contribution in [1.82, 2.24) is 5.32 Å². The van der Waals surface area contributed by atoms with Crippen LogP contribution in [0.1, 0.15) is 35.2 Å². The minimum atomic E-state index is -4.61. The SMILES string of the molecule is NC(=O)c1ccc(NC2CCCCNC2)cc1C(F)(F)F. The molecule has 116 valence electrons. The molecule has 1 unspecified atom stereocenters. The summed E-state index contributed by atoms with van der Waals surface area (Å²) >= 11 is 0. The molecular weight excluding hydrogens is 283 g/mol. The van der Waals surface area contributed by atoms with Gasteiger partial charge >= 0.3 is 6.18 Å². The van der Waals surface area contributed by atoms with Gasteiger partial charge in [-0.25, -0.2) is 0 Å². The number of anilines is 1. The zero-order valence-electron chi connectivity index (χ0n) is 11.5. The van der Waals surface area contributed by atoms with Gasteiger partial charge in [0.1, 0.15) is 0 Å². The van der Waals surface area contributed by atoms with Gasteiger partial charge < -0.3 is 16.4 Å². The summed E-state index contributed by atoms with van der Waals surface area (Å²) in [4.78, 5) is 11.1. The number of amides is 1. The van der Waals surface area contributed by atoms with Crippen LogP contribution >= 0.6 is 0 Å². The monoisotopic (exact) mass is 301 g/mol. The Bertz CT molecular complexity index is 509. The van der Waals surface area contributed by atoms with E-state index >= 15 is 0 Å². The summed E-state index contributed by atoms with van der Waals surface area (Å²) in [6.45, 7) is 1.63. The molecule has 1 aromatic carbocycles. The van der Waals surface area contributed by atoms with Crippen LogP contribution < -0.4 is 16.4 Å². The van der Waals surface area contributed by atoms with Crippen LogP contribution in [0.5, 0.6) is 0 Å². The molecule has 0 aliphatic carbocycles. The van der Waals surface area contributed by atoms with Crippen molar-refractivity contribution in [2.24, 2.45) is 5.73 Å². The first-order valence-electron chi connectivity index (χ1n) is 6.86. The van der Waals surface area contributed by atoms with E-state index in [-0.39, 0.29) is 6.04 Å². The van der Waals surface area contributed by atoms with Gasteiger partial charge in [-0.15, -0.1) is 0 Å². The standard InChI is InChI=1S/C14H18F3N3O/c15-14(16,17)12-7-9(4-5-11(12)13(18)21)20-10-3-1-2-6-19-8-10/h4-5,7,10,19-20H,1-3,6,8H2,(H2,18,21). The number of benzene rings is 1. The summed E-state index contributed by atoms with van der Waals surface area (Å²) in [5, 5.41) is 6.32. The second-order valence-corrected chi connectivity index (χ2v) is 5.16. The Morgan fingerprint density at radius 3 is 2.76 bits per heavy atom. The number of hydrogen-bond donors (Lipinski definition) is 3. The van der Waals surface area contributed by atoms with Gasteiger partial charge in [-0.05, 0) is 37.6 Å². The molecule has 2 rings (SSSR count). The fraction of sp³-hybridized carbons (Fsp3) is 0.500. The molecule has 1 amide bonds. The van der Waals surface area contributed by atoms with Crippen molar-refractivity contribution < 1.29 is 18.0 Å². The Morgan fingerprint density at radius 2 is 2.10 bits per heavy atom. The van der Waals surface area contributed by atoms with Gasteiger partial charge in [0.2, 0.25) is 5.91 Å². The van der Waals surface area contributed by atoms with Crippen LogP contribution in [0.15, 0.2) is 18.2 Å². The molecule has 1 saturated heterocycles. The highest BCUT2D eigenvalue weighted by atomic mass is 19.4. The largest absolute Gasteiger partial charge is 0.417 e. The lowest BCUT2D eigenvalue weighted by Crippen LogP contribution is -2.31. The molecule has 7 heteroatoms. The van der Waals surface area contributed by atoms with E-state index in [0.717, 1.165) is 37.9 Å². The molecular formula is C14H18F3N3O. The molecule has 1 aliphatic heterocycles. The highest BCUT2D eigenvalue weighted by Gasteiger charge is 2.35. The lowest BCUT2D eigenvalue weighted by molar-refractivity contribution is -0.137.